The highest BCUT2D eigenvalue weighted by molar-refractivity contribution is 7.89. The fraction of sp³-hybridized carbons (Fsp3) is 0.222. The van der Waals surface area contributed by atoms with Crippen LogP contribution in [0.3, 0.4) is 0 Å². The van der Waals surface area contributed by atoms with Gasteiger partial charge in [0.05, 0.1) is 29.8 Å². The van der Waals surface area contributed by atoms with E-state index in [0.29, 0.717) is 17.5 Å². The molecule has 0 aliphatic heterocycles. The standard InChI is InChI=1S/C18H17F3N2O3S/c1-22-9-3-6-15(22)12-23(13-16-7-4-10-26-16)27(24,25)17-8-2-5-14(11-17)18(19,20)21/h2-11H,12-13H2,1H3. The van der Waals surface area contributed by atoms with Gasteiger partial charge in [0.15, 0.2) is 0 Å². The van der Waals surface area contributed by atoms with Crippen LogP contribution in [0, 0.1) is 0 Å². The topological polar surface area (TPSA) is 55.5 Å². The van der Waals surface area contributed by atoms with Crippen molar-refractivity contribution in [1.29, 1.82) is 0 Å². The van der Waals surface area contributed by atoms with Gasteiger partial charge in [0.2, 0.25) is 10.0 Å². The van der Waals surface area contributed by atoms with Crippen LogP contribution in [0.2, 0.25) is 0 Å². The van der Waals surface area contributed by atoms with Crippen LogP contribution in [0.5, 0.6) is 0 Å². The van der Waals surface area contributed by atoms with Gasteiger partial charge in [-0.05, 0) is 42.5 Å². The van der Waals surface area contributed by atoms with E-state index in [1.165, 1.54) is 6.26 Å². The van der Waals surface area contributed by atoms with Crippen molar-refractivity contribution in [1.82, 2.24) is 8.87 Å². The first-order valence-electron chi connectivity index (χ1n) is 7.98. The quantitative estimate of drug-likeness (QED) is 0.630. The summed E-state index contributed by atoms with van der Waals surface area (Å²) in [5.74, 6) is 0.389. The summed E-state index contributed by atoms with van der Waals surface area (Å²) in [5.41, 5.74) is -0.322. The highest BCUT2D eigenvalue weighted by Crippen LogP contribution is 2.31. The Morgan fingerprint density at radius 1 is 1.07 bits per heavy atom. The summed E-state index contributed by atoms with van der Waals surface area (Å²) in [4.78, 5) is -0.418. The highest BCUT2D eigenvalue weighted by Gasteiger charge is 2.33. The largest absolute Gasteiger partial charge is 0.468 e. The van der Waals surface area contributed by atoms with Gasteiger partial charge in [-0.2, -0.15) is 17.5 Å². The zero-order chi connectivity index (χ0) is 19.7. The van der Waals surface area contributed by atoms with Crippen molar-refractivity contribution in [3.63, 3.8) is 0 Å². The molecule has 2 heterocycles. The lowest BCUT2D eigenvalue weighted by atomic mass is 10.2. The van der Waals surface area contributed by atoms with E-state index in [9.17, 15) is 21.6 Å². The zero-order valence-corrected chi connectivity index (χ0v) is 15.2. The number of nitrogens with zero attached hydrogens (tertiary/aromatic N) is 2. The van der Waals surface area contributed by atoms with Crippen LogP contribution in [-0.4, -0.2) is 17.3 Å². The third-order valence-electron chi connectivity index (χ3n) is 4.10. The third kappa shape index (κ3) is 4.25. The highest BCUT2D eigenvalue weighted by atomic mass is 32.2. The summed E-state index contributed by atoms with van der Waals surface area (Å²) >= 11 is 0. The minimum absolute atomic E-state index is 0.0111. The molecule has 1 aromatic carbocycles. The Morgan fingerprint density at radius 2 is 1.85 bits per heavy atom. The number of benzene rings is 1. The molecule has 0 N–H and O–H groups in total. The van der Waals surface area contributed by atoms with Crippen LogP contribution in [0.4, 0.5) is 13.2 Å². The Balaban J connectivity index is 2.00. The van der Waals surface area contributed by atoms with E-state index in [0.717, 1.165) is 22.5 Å². The Kier molecular flexibility index (Phi) is 5.16. The molecule has 3 rings (SSSR count). The van der Waals surface area contributed by atoms with E-state index in [-0.39, 0.29) is 13.1 Å². The molecular weight excluding hydrogens is 381 g/mol. The molecule has 3 aromatic rings. The molecule has 144 valence electrons. The van der Waals surface area contributed by atoms with Crippen LogP contribution in [-0.2, 0) is 36.3 Å². The number of alkyl halides is 3. The van der Waals surface area contributed by atoms with Crippen molar-refractivity contribution in [3.8, 4) is 0 Å². The lowest BCUT2D eigenvalue weighted by Crippen LogP contribution is -2.31. The molecule has 0 saturated heterocycles. The van der Waals surface area contributed by atoms with Crippen molar-refractivity contribution < 1.29 is 26.0 Å². The average molecular weight is 398 g/mol. The molecule has 0 unspecified atom stereocenters. The molecule has 9 heteroatoms. The van der Waals surface area contributed by atoms with Gasteiger partial charge < -0.3 is 8.98 Å². The van der Waals surface area contributed by atoms with Crippen LogP contribution in [0.25, 0.3) is 0 Å². The summed E-state index contributed by atoms with van der Waals surface area (Å²) in [6.07, 6.45) is -1.46. The molecule has 0 aliphatic carbocycles. The number of sulfonamides is 1. The Labute approximate surface area is 154 Å². The number of aryl methyl sites for hydroxylation is 1. The minimum Gasteiger partial charge on any atom is -0.468 e. The van der Waals surface area contributed by atoms with Crippen LogP contribution >= 0.6 is 0 Å². The van der Waals surface area contributed by atoms with E-state index in [2.05, 4.69) is 0 Å². The number of furan rings is 1. The number of hydrogen-bond donors (Lipinski definition) is 0. The summed E-state index contributed by atoms with van der Waals surface area (Å²) < 4.78 is 73.2. The molecule has 27 heavy (non-hydrogen) atoms. The predicted molar refractivity (Wildman–Crippen MR) is 92.0 cm³/mol. The lowest BCUT2D eigenvalue weighted by Gasteiger charge is -2.22. The fourth-order valence-electron chi connectivity index (χ4n) is 2.63. The predicted octanol–water partition coefficient (Wildman–Crippen LogP) is 4.03. The van der Waals surface area contributed by atoms with E-state index in [1.54, 1.807) is 42.1 Å². The number of rotatable bonds is 6. The van der Waals surface area contributed by atoms with E-state index in [4.69, 9.17) is 4.42 Å². The molecule has 0 saturated carbocycles. The third-order valence-corrected chi connectivity index (χ3v) is 5.89. The Bertz CT molecular complexity index is 1010. The van der Waals surface area contributed by atoms with Crippen molar-refractivity contribution in [2.45, 2.75) is 24.2 Å². The number of hydrogen-bond acceptors (Lipinski definition) is 3. The molecule has 0 bridgehead atoms. The normalized spacial score (nSPS) is 12.6. The molecule has 0 radical (unpaired) electrons. The second-order valence-electron chi connectivity index (χ2n) is 5.99. The van der Waals surface area contributed by atoms with Gasteiger partial charge in [-0.15, -0.1) is 0 Å². The summed E-state index contributed by atoms with van der Waals surface area (Å²) in [5, 5.41) is 0. The van der Waals surface area contributed by atoms with Crippen LogP contribution < -0.4 is 0 Å². The van der Waals surface area contributed by atoms with Gasteiger partial charge in [-0.3, -0.25) is 0 Å². The first-order valence-corrected chi connectivity index (χ1v) is 9.42. The van der Waals surface area contributed by atoms with Crippen molar-refractivity contribution >= 4 is 10.0 Å². The number of halogens is 3. The maximum Gasteiger partial charge on any atom is 0.416 e. The summed E-state index contributed by atoms with van der Waals surface area (Å²) in [6, 6.07) is 10.5. The summed E-state index contributed by atoms with van der Waals surface area (Å²) in [6.45, 7) is -0.112. The molecular formula is C18H17F3N2O3S. The second-order valence-corrected chi connectivity index (χ2v) is 7.93. The lowest BCUT2D eigenvalue weighted by molar-refractivity contribution is -0.137. The van der Waals surface area contributed by atoms with Crippen molar-refractivity contribution in [3.05, 3.63) is 78.0 Å². The van der Waals surface area contributed by atoms with Gasteiger partial charge in [0, 0.05) is 18.9 Å². The molecule has 0 aliphatic rings. The van der Waals surface area contributed by atoms with Gasteiger partial charge >= 0.3 is 6.18 Å². The minimum atomic E-state index is -4.63. The van der Waals surface area contributed by atoms with Crippen molar-refractivity contribution in [2.75, 3.05) is 0 Å². The first kappa shape index (κ1) is 19.2. The fourth-order valence-corrected chi connectivity index (χ4v) is 4.05. The van der Waals surface area contributed by atoms with Gasteiger partial charge in [0.1, 0.15) is 5.76 Å². The molecule has 0 atom stereocenters. The van der Waals surface area contributed by atoms with Crippen molar-refractivity contribution in [2.24, 2.45) is 7.05 Å². The van der Waals surface area contributed by atoms with E-state index < -0.39 is 26.7 Å². The second kappa shape index (κ2) is 7.24. The van der Waals surface area contributed by atoms with Gasteiger partial charge in [-0.1, -0.05) is 6.07 Å². The zero-order valence-electron chi connectivity index (χ0n) is 14.3. The first-order chi connectivity index (χ1) is 12.7. The van der Waals surface area contributed by atoms with Gasteiger partial charge in [0.25, 0.3) is 0 Å². The Morgan fingerprint density at radius 3 is 2.44 bits per heavy atom. The molecule has 2 aromatic heterocycles. The van der Waals surface area contributed by atoms with E-state index >= 15 is 0 Å². The number of aromatic nitrogens is 1. The monoisotopic (exact) mass is 398 g/mol. The maximum absolute atomic E-state index is 13.1. The molecule has 5 nitrogen and oxygen atoms in total. The maximum atomic E-state index is 13.1. The molecule has 0 spiro atoms. The molecule has 0 fully saturated rings. The SMILES string of the molecule is Cn1cccc1CN(Cc1ccco1)S(=O)(=O)c1cccc(C(F)(F)F)c1. The van der Waals surface area contributed by atoms with Crippen LogP contribution in [0.1, 0.15) is 17.0 Å². The average Bonchev–Trinajstić information content (AvgIpc) is 3.26. The van der Waals surface area contributed by atoms with Crippen LogP contribution in [0.15, 0.2) is 70.3 Å². The summed E-state index contributed by atoms with van der Waals surface area (Å²) in [7, 11) is -2.43. The van der Waals surface area contributed by atoms with E-state index in [1.807, 2.05) is 0 Å². The smallest absolute Gasteiger partial charge is 0.416 e. The Hall–Kier alpha value is -2.52. The molecule has 0 amide bonds. The van der Waals surface area contributed by atoms with Gasteiger partial charge in [-0.25, -0.2) is 8.42 Å².